The van der Waals surface area contributed by atoms with Crippen molar-refractivity contribution in [1.82, 2.24) is 0 Å². The van der Waals surface area contributed by atoms with Crippen molar-refractivity contribution in [2.45, 2.75) is 72.6 Å². The van der Waals surface area contributed by atoms with Crippen molar-refractivity contribution in [3.63, 3.8) is 0 Å². The van der Waals surface area contributed by atoms with Gasteiger partial charge in [0.15, 0.2) is 0 Å². The molecule has 6 atom stereocenters. The van der Waals surface area contributed by atoms with Crippen LogP contribution in [0, 0.1) is 39.9 Å². The molecular weight excluding hydrogens is 300 g/mol. The van der Waals surface area contributed by atoms with Gasteiger partial charge in [-0.05, 0) is 47.8 Å². The van der Waals surface area contributed by atoms with E-state index in [1.54, 1.807) is 0 Å². The molecule has 4 fully saturated rings. The lowest BCUT2D eigenvalue weighted by Gasteiger charge is -2.60. The summed E-state index contributed by atoms with van der Waals surface area (Å²) in [6.45, 7) is 8.89. The van der Waals surface area contributed by atoms with E-state index in [2.05, 4.69) is 27.7 Å². The fourth-order valence-corrected chi connectivity index (χ4v) is 7.53. The van der Waals surface area contributed by atoms with Crippen LogP contribution in [0.15, 0.2) is 0 Å². The molecule has 0 N–H and O–H groups in total. The van der Waals surface area contributed by atoms with E-state index in [0.717, 1.165) is 19.3 Å². The number of carbonyl (C=O) groups is 3. The van der Waals surface area contributed by atoms with E-state index >= 15 is 0 Å². The highest BCUT2D eigenvalue weighted by Crippen LogP contribution is 2.68. The van der Waals surface area contributed by atoms with Crippen molar-refractivity contribution in [2.24, 2.45) is 39.9 Å². The topological polar surface area (TPSA) is 51.2 Å². The predicted octanol–water partition coefficient (Wildman–Crippen LogP) is 3.98. The molecule has 0 aromatic rings. The van der Waals surface area contributed by atoms with Crippen LogP contribution >= 0.6 is 0 Å². The van der Waals surface area contributed by atoms with Crippen LogP contribution in [-0.2, 0) is 14.4 Å². The van der Waals surface area contributed by atoms with Crippen molar-refractivity contribution < 1.29 is 14.4 Å². The summed E-state index contributed by atoms with van der Waals surface area (Å²) in [7, 11) is 0. The van der Waals surface area contributed by atoms with Crippen LogP contribution in [0.3, 0.4) is 0 Å². The Morgan fingerprint density at radius 2 is 1.67 bits per heavy atom. The average Bonchev–Trinajstić information content (AvgIpc) is 2.66. The molecule has 24 heavy (non-hydrogen) atoms. The van der Waals surface area contributed by atoms with Crippen LogP contribution < -0.4 is 0 Å². The van der Waals surface area contributed by atoms with Crippen molar-refractivity contribution in [2.75, 3.05) is 0 Å². The summed E-state index contributed by atoms with van der Waals surface area (Å²) in [4.78, 5) is 37.7. The summed E-state index contributed by atoms with van der Waals surface area (Å²) in [5.74, 6) is 2.05. The van der Waals surface area contributed by atoms with Gasteiger partial charge >= 0.3 is 0 Å². The molecule has 0 amide bonds. The summed E-state index contributed by atoms with van der Waals surface area (Å²) >= 11 is 0. The third-order valence-corrected chi connectivity index (χ3v) is 8.54. The molecule has 3 heteroatoms. The molecule has 3 nitrogen and oxygen atoms in total. The van der Waals surface area contributed by atoms with Gasteiger partial charge in [-0.15, -0.1) is 0 Å². The zero-order valence-electron chi connectivity index (χ0n) is 15.5. The molecule has 0 bridgehead atoms. The lowest BCUT2D eigenvalue weighted by atomic mass is 9.43. The standard InChI is InChI=1S/C21H30O3/c1-19(2)11-17(24)21(4)8-6-14-13(18(19)21)10-16(23)15-9-12(22)5-7-20(14,15)3/h13-15,18H,5-11H2,1-4H3/t13-,14+,15-,18-,20-,21-/m1/s1. The van der Waals surface area contributed by atoms with E-state index in [-0.39, 0.29) is 27.9 Å². The second kappa shape index (κ2) is 4.80. The summed E-state index contributed by atoms with van der Waals surface area (Å²) in [5.41, 5.74) is -0.279. The first-order chi connectivity index (χ1) is 11.1. The molecule has 4 aliphatic rings. The molecule has 0 heterocycles. The molecule has 132 valence electrons. The number of Topliss-reactive ketones (excluding diaryl/α,β-unsaturated/α-hetero) is 3. The predicted molar refractivity (Wildman–Crippen MR) is 91.3 cm³/mol. The minimum absolute atomic E-state index is 0.0108. The highest BCUT2D eigenvalue weighted by atomic mass is 16.1. The van der Waals surface area contributed by atoms with Gasteiger partial charge in [-0.1, -0.05) is 27.7 Å². The first kappa shape index (κ1) is 16.5. The van der Waals surface area contributed by atoms with Crippen LogP contribution in [0.1, 0.15) is 72.6 Å². The molecule has 0 aliphatic heterocycles. The number of ketones is 3. The lowest BCUT2D eigenvalue weighted by Crippen LogP contribution is -2.58. The Labute approximate surface area is 144 Å². The van der Waals surface area contributed by atoms with Gasteiger partial charge in [-0.3, -0.25) is 14.4 Å². The summed E-state index contributed by atoms with van der Waals surface area (Å²) in [6, 6.07) is 0. The zero-order valence-corrected chi connectivity index (χ0v) is 15.5. The molecule has 0 aromatic carbocycles. The van der Waals surface area contributed by atoms with Gasteiger partial charge in [-0.25, -0.2) is 0 Å². The summed E-state index contributed by atoms with van der Waals surface area (Å²) in [6.07, 6.45) is 5.22. The maximum absolute atomic E-state index is 13.0. The smallest absolute Gasteiger partial charge is 0.139 e. The molecule has 0 radical (unpaired) electrons. The number of hydrogen-bond acceptors (Lipinski definition) is 3. The monoisotopic (exact) mass is 330 g/mol. The number of hydrogen-bond donors (Lipinski definition) is 0. The molecule has 0 aromatic heterocycles. The van der Waals surface area contributed by atoms with E-state index in [1.165, 1.54) is 0 Å². The van der Waals surface area contributed by atoms with Crippen molar-refractivity contribution >= 4 is 17.3 Å². The van der Waals surface area contributed by atoms with Crippen LogP contribution in [0.4, 0.5) is 0 Å². The van der Waals surface area contributed by atoms with Gasteiger partial charge in [-0.2, -0.15) is 0 Å². The number of rotatable bonds is 0. The fourth-order valence-electron chi connectivity index (χ4n) is 7.53. The van der Waals surface area contributed by atoms with Gasteiger partial charge < -0.3 is 0 Å². The van der Waals surface area contributed by atoms with Crippen LogP contribution in [0.5, 0.6) is 0 Å². The van der Waals surface area contributed by atoms with Crippen molar-refractivity contribution in [3.8, 4) is 0 Å². The SMILES string of the molecule is CC1(C)CC(=O)[C@@]2(C)CC[C@H]3[C@@H](CC(=O)[C@H]4CC(=O)CC[C@@]43C)[C@H]12. The quantitative estimate of drug-likeness (QED) is 0.675. The minimum atomic E-state index is -0.237. The van der Waals surface area contributed by atoms with Gasteiger partial charge in [0.25, 0.3) is 0 Å². The Morgan fingerprint density at radius 1 is 0.958 bits per heavy atom. The van der Waals surface area contributed by atoms with E-state index < -0.39 is 0 Å². The van der Waals surface area contributed by atoms with Crippen LogP contribution in [0.25, 0.3) is 0 Å². The van der Waals surface area contributed by atoms with E-state index in [0.29, 0.717) is 55.0 Å². The molecular formula is C21H30O3. The largest absolute Gasteiger partial charge is 0.300 e. The molecule has 0 spiro atoms. The van der Waals surface area contributed by atoms with Gasteiger partial charge in [0.05, 0.1) is 0 Å². The normalized spacial score (nSPS) is 50.2. The van der Waals surface area contributed by atoms with Gasteiger partial charge in [0, 0.05) is 37.0 Å². The lowest BCUT2D eigenvalue weighted by molar-refractivity contribution is -0.163. The molecule has 0 saturated heterocycles. The Morgan fingerprint density at radius 3 is 2.38 bits per heavy atom. The van der Waals surface area contributed by atoms with Crippen molar-refractivity contribution in [3.05, 3.63) is 0 Å². The molecule has 4 rings (SSSR count). The Balaban J connectivity index is 1.76. The average molecular weight is 330 g/mol. The Hall–Kier alpha value is -0.990. The van der Waals surface area contributed by atoms with Crippen molar-refractivity contribution in [1.29, 1.82) is 0 Å². The maximum atomic E-state index is 13.0. The van der Waals surface area contributed by atoms with E-state index in [9.17, 15) is 14.4 Å². The van der Waals surface area contributed by atoms with Gasteiger partial charge in [0.2, 0.25) is 0 Å². The van der Waals surface area contributed by atoms with Crippen LogP contribution in [-0.4, -0.2) is 17.3 Å². The second-order valence-electron chi connectivity index (χ2n) is 10.3. The number of carbonyl (C=O) groups excluding carboxylic acids is 3. The Bertz CT molecular complexity index is 633. The third-order valence-electron chi connectivity index (χ3n) is 8.54. The fraction of sp³-hybridized carbons (Fsp3) is 0.857. The third kappa shape index (κ3) is 1.93. The van der Waals surface area contributed by atoms with E-state index in [4.69, 9.17) is 0 Å². The van der Waals surface area contributed by atoms with Gasteiger partial charge in [0.1, 0.15) is 17.3 Å². The van der Waals surface area contributed by atoms with E-state index in [1.807, 2.05) is 0 Å². The number of fused-ring (bicyclic) bond motifs is 5. The first-order valence-electron chi connectivity index (χ1n) is 9.67. The summed E-state index contributed by atoms with van der Waals surface area (Å²) in [5, 5.41) is 0. The summed E-state index contributed by atoms with van der Waals surface area (Å²) < 4.78 is 0. The highest BCUT2D eigenvalue weighted by Gasteiger charge is 2.66. The molecule has 4 saturated carbocycles. The Kier molecular flexibility index (Phi) is 3.29. The van der Waals surface area contributed by atoms with Crippen LogP contribution in [0.2, 0.25) is 0 Å². The maximum Gasteiger partial charge on any atom is 0.139 e. The highest BCUT2D eigenvalue weighted by molar-refractivity contribution is 5.92. The molecule has 0 unspecified atom stereocenters. The minimum Gasteiger partial charge on any atom is -0.300 e. The molecule has 4 aliphatic carbocycles. The zero-order chi connectivity index (χ0) is 17.5. The second-order valence-corrected chi connectivity index (χ2v) is 10.3. The first-order valence-corrected chi connectivity index (χ1v) is 9.67.